The molecule has 0 bridgehead atoms. The zero-order valence-corrected chi connectivity index (χ0v) is 17.3. The Labute approximate surface area is 191 Å². The summed E-state index contributed by atoms with van der Waals surface area (Å²) in [5.74, 6) is -3.25. The molecule has 0 aromatic heterocycles. The Bertz CT molecular complexity index is 577. The molecule has 0 saturated heterocycles. The maximum Gasteiger partial charge on any atom is 1.00 e. The summed E-state index contributed by atoms with van der Waals surface area (Å²) >= 11 is 0. The number of hydrogen-bond donors (Lipinski definition) is 2. The minimum atomic E-state index is -1.36. The molecule has 2 N–H and O–H groups in total. The molecule has 0 unspecified atom stereocenters. The first kappa shape index (κ1) is 23.9. The smallest absolute Gasteiger partial charge is 0.545 e. The standard InChI is InChI=1S/2C7H6O3.K.Na/c2*8-6-4-2-1-3-5(6)7(9)10;;/h2*1-4,8H,(H,9,10);;/q;;2*+1/p-2. The van der Waals surface area contributed by atoms with Gasteiger partial charge in [-0.1, -0.05) is 24.3 Å². The monoisotopic (exact) mass is 336 g/mol. The molecule has 6 nitrogen and oxygen atoms in total. The Morgan fingerprint density at radius 2 is 1.00 bits per heavy atom. The van der Waals surface area contributed by atoms with Crippen molar-refractivity contribution in [2.24, 2.45) is 0 Å². The van der Waals surface area contributed by atoms with E-state index in [9.17, 15) is 19.8 Å². The zero-order chi connectivity index (χ0) is 15.1. The quantitative estimate of drug-likeness (QED) is 0.526. The van der Waals surface area contributed by atoms with Gasteiger partial charge in [0, 0.05) is 11.1 Å². The average Bonchev–Trinajstić information content (AvgIpc) is 2.40. The summed E-state index contributed by atoms with van der Waals surface area (Å²) in [6.45, 7) is 0. The predicted octanol–water partition coefficient (Wildman–Crippen LogP) is -6.48. The van der Waals surface area contributed by atoms with Gasteiger partial charge in [-0.2, -0.15) is 0 Å². The van der Waals surface area contributed by atoms with Gasteiger partial charge in [-0.05, 0) is 24.3 Å². The molecule has 104 valence electrons. The summed E-state index contributed by atoms with van der Waals surface area (Å²) in [7, 11) is 0. The van der Waals surface area contributed by atoms with Crippen molar-refractivity contribution >= 4 is 11.9 Å². The van der Waals surface area contributed by atoms with Crippen LogP contribution in [0.25, 0.3) is 0 Å². The van der Waals surface area contributed by atoms with Gasteiger partial charge in [-0.25, -0.2) is 0 Å². The van der Waals surface area contributed by atoms with Gasteiger partial charge in [0.1, 0.15) is 11.5 Å². The summed E-state index contributed by atoms with van der Waals surface area (Å²) in [6.07, 6.45) is 0. The van der Waals surface area contributed by atoms with Crippen LogP contribution in [0.1, 0.15) is 20.7 Å². The Kier molecular flexibility index (Phi) is 13.1. The third-order valence-corrected chi connectivity index (χ3v) is 2.25. The largest absolute Gasteiger partial charge is 1.00 e. The SMILES string of the molecule is O=C([O-])c1ccccc1O.O=C([O-])c1ccccc1O.[K+].[Na+]. The van der Waals surface area contributed by atoms with Crippen LogP contribution in [0.4, 0.5) is 0 Å². The van der Waals surface area contributed by atoms with Gasteiger partial charge in [0.05, 0.1) is 11.9 Å². The molecule has 0 aliphatic heterocycles. The first-order valence-corrected chi connectivity index (χ1v) is 5.42. The van der Waals surface area contributed by atoms with Crippen molar-refractivity contribution in [3.63, 3.8) is 0 Å². The minimum Gasteiger partial charge on any atom is -0.545 e. The van der Waals surface area contributed by atoms with E-state index in [4.69, 9.17) is 10.2 Å². The van der Waals surface area contributed by atoms with E-state index in [1.807, 2.05) is 0 Å². The van der Waals surface area contributed by atoms with Crippen LogP contribution in [0.5, 0.6) is 11.5 Å². The molecule has 2 aromatic rings. The number of rotatable bonds is 2. The molecule has 0 spiro atoms. The molecule has 0 aliphatic rings. The number of aromatic carboxylic acids is 2. The van der Waals surface area contributed by atoms with E-state index in [0.717, 1.165) is 0 Å². The molecule has 2 rings (SSSR count). The maximum absolute atomic E-state index is 10.2. The van der Waals surface area contributed by atoms with Crippen molar-refractivity contribution in [3.05, 3.63) is 59.7 Å². The van der Waals surface area contributed by atoms with E-state index in [1.54, 1.807) is 12.1 Å². The zero-order valence-electron chi connectivity index (χ0n) is 12.1. The van der Waals surface area contributed by atoms with Crippen molar-refractivity contribution in [3.8, 4) is 11.5 Å². The van der Waals surface area contributed by atoms with Gasteiger partial charge in [-0.3, -0.25) is 0 Å². The molecule has 0 aliphatic carbocycles. The summed E-state index contributed by atoms with van der Waals surface area (Å²) < 4.78 is 0. The van der Waals surface area contributed by atoms with E-state index >= 15 is 0 Å². The third-order valence-electron chi connectivity index (χ3n) is 2.25. The van der Waals surface area contributed by atoms with Gasteiger partial charge >= 0.3 is 80.9 Å². The number of carbonyl (C=O) groups excluding carboxylic acids is 2. The number of carboxylic acids is 2. The summed E-state index contributed by atoms with van der Waals surface area (Å²) in [6, 6.07) is 11.3. The van der Waals surface area contributed by atoms with Crippen LogP contribution in [-0.2, 0) is 0 Å². The van der Waals surface area contributed by atoms with Gasteiger partial charge < -0.3 is 30.0 Å². The molecule has 0 saturated carbocycles. The van der Waals surface area contributed by atoms with Crippen molar-refractivity contribution in [2.75, 3.05) is 0 Å². The Morgan fingerprint density at radius 3 is 1.18 bits per heavy atom. The second kappa shape index (κ2) is 12.1. The number of carboxylic acid groups (broad SMARTS) is 2. The fraction of sp³-hybridized carbons (Fsp3) is 0. The van der Waals surface area contributed by atoms with Gasteiger partial charge in [-0.15, -0.1) is 0 Å². The van der Waals surface area contributed by atoms with Gasteiger partial charge in [0.2, 0.25) is 0 Å². The number of phenols is 2. The summed E-state index contributed by atoms with van der Waals surface area (Å²) in [5.41, 5.74) is -0.356. The van der Waals surface area contributed by atoms with Gasteiger partial charge in [0.15, 0.2) is 0 Å². The second-order valence-corrected chi connectivity index (χ2v) is 3.61. The van der Waals surface area contributed by atoms with Crippen LogP contribution < -0.4 is 91.2 Å². The minimum absolute atomic E-state index is 0. The Morgan fingerprint density at radius 1 is 0.727 bits per heavy atom. The number of carbonyl (C=O) groups is 2. The van der Waals surface area contributed by atoms with E-state index in [0.29, 0.717) is 0 Å². The fourth-order valence-electron chi connectivity index (χ4n) is 1.29. The summed E-state index contributed by atoms with van der Waals surface area (Å²) in [4.78, 5) is 20.3. The van der Waals surface area contributed by atoms with Crippen LogP contribution in [0.2, 0.25) is 0 Å². The van der Waals surface area contributed by atoms with E-state index < -0.39 is 11.9 Å². The Hall–Kier alpha value is -0.384. The van der Waals surface area contributed by atoms with Crippen LogP contribution in [0.3, 0.4) is 0 Å². The second-order valence-electron chi connectivity index (χ2n) is 3.61. The molecule has 0 fully saturated rings. The molecular weight excluding hydrogens is 326 g/mol. The third kappa shape index (κ3) is 7.75. The van der Waals surface area contributed by atoms with E-state index in [-0.39, 0.29) is 104 Å². The molecule has 0 atom stereocenters. The van der Waals surface area contributed by atoms with E-state index in [1.165, 1.54) is 36.4 Å². The van der Waals surface area contributed by atoms with Crippen LogP contribution >= 0.6 is 0 Å². The Balaban J connectivity index is 0. The van der Waals surface area contributed by atoms with Crippen LogP contribution in [-0.4, -0.2) is 22.2 Å². The number of para-hydroxylation sites is 2. The topological polar surface area (TPSA) is 121 Å². The molecule has 0 amide bonds. The predicted molar refractivity (Wildman–Crippen MR) is 64.9 cm³/mol. The van der Waals surface area contributed by atoms with Crippen molar-refractivity contribution in [2.45, 2.75) is 0 Å². The maximum atomic E-state index is 10.2. The normalized spacial score (nSPS) is 8.36. The van der Waals surface area contributed by atoms with Crippen molar-refractivity contribution < 1.29 is 111 Å². The molecular formula is C14H10KNaO6. The first-order valence-electron chi connectivity index (χ1n) is 5.42. The fourth-order valence-corrected chi connectivity index (χ4v) is 1.29. The number of hydrogen-bond acceptors (Lipinski definition) is 6. The van der Waals surface area contributed by atoms with Crippen molar-refractivity contribution in [1.82, 2.24) is 0 Å². The number of benzene rings is 2. The molecule has 2 aromatic carbocycles. The molecule has 0 heterocycles. The van der Waals surface area contributed by atoms with Crippen molar-refractivity contribution in [1.29, 1.82) is 0 Å². The van der Waals surface area contributed by atoms with Crippen LogP contribution in [0, 0.1) is 0 Å². The number of aromatic hydroxyl groups is 2. The molecule has 22 heavy (non-hydrogen) atoms. The average molecular weight is 336 g/mol. The van der Waals surface area contributed by atoms with E-state index in [2.05, 4.69) is 0 Å². The summed E-state index contributed by atoms with van der Waals surface area (Å²) in [5, 5.41) is 38.0. The first-order chi connectivity index (χ1) is 9.43. The molecule has 8 heteroatoms. The van der Waals surface area contributed by atoms with Gasteiger partial charge in [0.25, 0.3) is 0 Å². The molecule has 0 radical (unpaired) electrons. The van der Waals surface area contributed by atoms with Crippen LogP contribution in [0.15, 0.2) is 48.5 Å².